The number of phenolic OH excluding ortho intramolecular Hbond substituents is 1. The Balaban J connectivity index is 2.18. The minimum absolute atomic E-state index is 0.0552. The van der Waals surface area contributed by atoms with Crippen molar-refractivity contribution in [3.8, 4) is 5.75 Å². The standard InChI is InChI=1S/C27H37N7O10S/c1-45-7-6-18(24(40)33-20(27(43)44)9-15-11-29-13-30-15)31-26(42)21(12-35)34-25(41)19(8-14-2-4-16(36)5-3-14)32-23(39)17(28)10-22(37)38/h2-5,11,13,17-21,35-36H,6-10,12,28H2,1H3,(H,29,30)(H,31,42)(H,32,39)(H,33,40)(H,34,41)(H,37,38)(H,43,44)/t17-,18-,19-,20-,21-/m0/s1. The molecule has 0 aliphatic carbocycles. The van der Waals surface area contributed by atoms with E-state index in [9.17, 15) is 44.1 Å². The lowest BCUT2D eigenvalue weighted by atomic mass is 10.0. The quantitative estimate of drug-likeness (QED) is 0.0751. The molecule has 18 heteroatoms. The lowest BCUT2D eigenvalue weighted by molar-refractivity contribution is -0.142. The van der Waals surface area contributed by atoms with E-state index in [1.54, 1.807) is 6.26 Å². The first-order chi connectivity index (χ1) is 21.3. The number of hydrogen-bond acceptors (Lipinski definition) is 11. The van der Waals surface area contributed by atoms with Crippen molar-refractivity contribution in [2.24, 2.45) is 5.73 Å². The molecule has 0 radical (unpaired) electrons. The molecule has 4 amide bonds. The number of carboxylic acid groups (broad SMARTS) is 2. The van der Waals surface area contributed by atoms with Crippen molar-refractivity contribution in [2.45, 2.75) is 55.9 Å². The zero-order valence-electron chi connectivity index (χ0n) is 24.3. The van der Waals surface area contributed by atoms with Crippen LogP contribution in [0.25, 0.3) is 0 Å². The number of hydrogen-bond donors (Lipinski definition) is 10. The number of H-pyrrole nitrogens is 1. The average Bonchev–Trinajstić information content (AvgIpc) is 3.50. The van der Waals surface area contributed by atoms with Crippen LogP contribution >= 0.6 is 11.8 Å². The van der Waals surface area contributed by atoms with Gasteiger partial charge < -0.3 is 52.4 Å². The molecule has 2 aromatic rings. The van der Waals surface area contributed by atoms with Gasteiger partial charge in [-0.1, -0.05) is 12.1 Å². The molecule has 1 heterocycles. The van der Waals surface area contributed by atoms with Gasteiger partial charge in [0.15, 0.2) is 0 Å². The molecule has 5 atom stereocenters. The van der Waals surface area contributed by atoms with E-state index in [1.807, 2.05) is 0 Å². The van der Waals surface area contributed by atoms with Gasteiger partial charge in [0.25, 0.3) is 0 Å². The Morgan fingerprint density at radius 2 is 1.44 bits per heavy atom. The molecule has 1 aromatic carbocycles. The summed E-state index contributed by atoms with van der Waals surface area (Å²) in [5, 5.41) is 47.5. The van der Waals surface area contributed by atoms with Crippen LogP contribution in [-0.4, -0.2) is 115 Å². The molecule has 0 aliphatic heterocycles. The number of nitrogens with zero attached hydrogens (tertiary/aromatic N) is 1. The van der Waals surface area contributed by atoms with Crippen LogP contribution in [-0.2, 0) is 41.6 Å². The summed E-state index contributed by atoms with van der Waals surface area (Å²) in [5.74, 6) is -6.00. The largest absolute Gasteiger partial charge is 0.508 e. The summed E-state index contributed by atoms with van der Waals surface area (Å²) in [6, 6.07) is -1.44. The van der Waals surface area contributed by atoms with Crippen LogP contribution in [0.3, 0.4) is 0 Å². The molecule has 0 spiro atoms. The number of amides is 4. The SMILES string of the molecule is CSCC[C@H](NC(=O)[C@H](CO)NC(=O)[C@H](Cc1ccc(O)cc1)NC(=O)[C@@H](N)CC(=O)O)C(=O)N[C@@H](Cc1cnc[nH]1)C(=O)O. The normalized spacial score (nSPS) is 14.2. The Kier molecular flexibility index (Phi) is 14.8. The predicted molar refractivity (Wildman–Crippen MR) is 160 cm³/mol. The maximum Gasteiger partial charge on any atom is 0.326 e. The number of aromatic amines is 1. The number of aromatic hydroxyl groups is 1. The van der Waals surface area contributed by atoms with Crippen LogP contribution < -0.4 is 27.0 Å². The van der Waals surface area contributed by atoms with E-state index < -0.39 is 78.8 Å². The van der Waals surface area contributed by atoms with E-state index in [0.29, 0.717) is 17.0 Å². The van der Waals surface area contributed by atoms with E-state index in [0.717, 1.165) is 0 Å². The summed E-state index contributed by atoms with van der Waals surface area (Å²) in [6.07, 6.45) is 3.61. The smallest absolute Gasteiger partial charge is 0.326 e. The van der Waals surface area contributed by atoms with Gasteiger partial charge in [-0.15, -0.1) is 0 Å². The van der Waals surface area contributed by atoms with Crippen LogP contribution in [0.4, 0.5) is 0 Å². The number of rotatable bonds is 19. The molecule has 0 aliphatic rings. The van der Waals surface area contributed by atoms with E-state index in [4.69, 9.17) is 10.8 Å². The maximum absolute atomic E-state index is 13.3. The third kappa shape index (κ3) is 12.5. The highest BCUT2D eigenvalue weighted by molar-refractivity contribution is 7.98. The highest BCUT2D eigenvalue weighted by Crippen LogP contribution is 2.12. The van der Waals surface area contributed by atoms with Crippen LogP contribution in [0, 0.1) is 0 Å². The van der Waals surface area contributed by atoms with Gasteiger partial charge in [-0.3, -0.25) is 24.0 Å². The molecule has 0 fully saturated rings. The van der Waals surface area contributed by atoms with Gasteiger partial charge in [0.2, 0.25) is 23.6 Å². The van der Waals surface area contributed by atoms with Crippen molar-refractivity contribution in [2.75, 3.05) is 18.6 Å². The van der Waals surface area contributed by atoms with Gasteiger partial charge in [-0.2, -0.15) is 11.8 Å². The van der Waals surface area contributed by atoms with Crippen molar-refractivity contribution >= 4 is 47.3 Å². The Bertz CT molecular complexity index is 1310. The van der Waals surface area contributed by atoms with Gasteiger partial charge in [-0.05, 0) is 36.1 Å². The fourth-order valence-corrected chi connectivity index (χ4v) is 4.44. The number of carbonyl (C=O) groups excluding carboxylic acids is 4. The first kappa shape index (κ1) is 36.5. The lowest BCUT2D eigenvalue weighted by Gasteiger charge is -2.25. The number of carbonyl (C=O) groups is 6. The van der Waals surface area contributed by atoms with E-state index in [-0.39, 0.29) is 25.0 Å². The molecule has 0 saturated heterocycles. The molecule has 45 heavy (non-hydrogen) atoms. The number of nitrogens with one attached hydrogen (secondary N) is 5. The first-order valence-electron chi connectivity index (χ1n) is 13.6. The zero-order valence-corrected chi connectivity index (χ0v) is 25.1. The predicted octanol–water partition coefficient (Wildman–Crippen LogP) is -2.53. The number of aliphatic hydroxyl groups is 1. The molecule has 0 saturated carbocycles. The van der Waals surface area contributed by atoms with Gasteiger partial charge in [0.05, 0.1) is 25.4 Å². The fraction of sp³-hybridized carbons (Fsp3) is 0.444. The molecule has 2 rings (SSSR count). The second kappa shape index (κ2) is 18.2. The molecule has 0 unspecified atom stereocenters. The molecule has 0 bridgehead atoms. The fourth-order valence-electron chi connectivity index (χ4n) is 3.97. The zero-order chi connectivity index (χ0) is 33.5. The van der Waals surface area contributed by atoms with Gasteiger partial charge in [0, 0.05) is 24.7 Å². The molecular formula is C27H37N7O10S. The number of aromatic nitrogens is 2. The lowest BCUT2D eigenvalue weighted by Crippen LogP contribution is -2.60. The minimum atomic E-state index is -1.60. The number of aliphatic carboxylic acids is 2. The third-order valence-corrected chi connectivity index (χ3v) is 7.04. The maximum atomic E-state index is 13.3. The number of aliphatic hydroxyl groups excluding tert-OH is 1. The molecule has 11 N–H and O–H groups in total. The Labute approximate surface area is 261 Å². The molecule has 246 valence electrons. The van der Waals surface area contributed by atoms with Crippen LogP contribution in [0.2, 0.25) is 0 Å². The van der Waals surface area contributed by atoms with E-state index >= 15 is 0 Å². The second-order valence-electron chi connectivity index (χ2n) is 9.90. The van der Waals surface area contributed by atoms with E-state index in [1.165, 1.54) is 48.6 Å². The van der Waals surface area contributed by atoms with Gasteiger partial charge in [-0.25, -0.2) is 9.78 Å². The minimum Gasteiger partial charge on any atom is -0.508 e. The van der Waals surface area contributed by atoms with Crippen molar-refractivity contribution in [1.29, 1.82) is 0 Å². The van der Waals surface area contributed by atoms with Crippen molar-refractivity contribution < 1.29 is 49.2 Å². The second-order valence-corrected chi connectivity index (χ2v) is 10.9. The molecule has 17 nitrogen and oxygen atoms in total. The summed E-state index contributed by atoms with van der Waals surface area (Å²) in [6.45, 7) is -0.912. The Hall–Kier alpha value is -4.68. The van der Waals surface area contributed by atoms with Gasteiger partial charge >= 0.3 is 11.9 Å². The number of thioether (sulfide) groups is 1. The monoisotopic (exact) mass is 651 g/mol. The number of phenols is 1. The van der Waals surface area contributed by atoms with Crippen LogP contribution in [0.15, 0.2) is 36.8 Å². The third-order valence-electron chi connectivity index (χ3n) is 6.39. The number of carboxylic acids is 2. The summed E-state index contributed by atoms with van der Waals surface area (Å²) in [4.78, 5) is 81.3. The first-order valence-corrected chi connectivity index (χ1v) is 15.0. The summed E-state index contributed by atoms with van der Waals surface area (Å²) < 4.78 is 0. The molecular weight excluding hydrogens is 614 g/mol. The van der Waals surface area contributed by atoms with Crippen molar-refractivity contribution in [3.63, 3.8) is 0 Å². The highest BCUT2D eigenvalue weighted by Gasteiger charge is 2.32. The van der Waals surface area contributed by atoms with Crippen LogP contribution in [0.1, 0.15) is 24.1 Å². The average molecular weight is 652 g/mol. The summed E-state index contributed by atoms with van der Waals surface area (Å²) in [7, 11) is 0. The summed E-state index contributed by atoms with van der Waals surface area (Å²) in [5.41, 5.74) is 6.55. The number of nitrogens with two attached hydrogens (primary N) is 1. The Morgan fingerprint density at radius 1 is 0.867 bits per heavy atom. The van der Waals surface area contributed by atoms with Gasteiger partial charge in [0.1, 0.15) is 29.9 Å². The number of imidazole rings is 1. The topological polar surface area (TPSA) is 286 Å². The van der Waals surface area contributed by atoms with Crippen molar-refractivity contribution in [1.82, 2.24) is 31.2 Å². The number of benzene rings is 1. The van der Waals surface area contributed by atoms with Crippen molar-refractivity contribution in [3.05, 3.63) is 48.0 Å². The molecule has 1 aromatic heterocycles. The van der Waals surface area contributed by atoms with Crippen LogP contribution in [0.5, 0.6) is 5.75 Å². The highest BCUT2D eigenvalue weighted by atomic mass is 32.2. The Morgan fingerprint density at radius 3 is 2.00 bits per heavy atom. The van der Waals surface area contributed by atoms with E-state index in [2.05, 4.69) is 31.2 Å². The summed E-state index contributed by atoms with van der Waals surface area (Å²) >= 11 is 1.36.